The number of aryl methyl sites for hydroxylation is 3. The summed E-state index contributed by atoms with van der Waals surface area (Å²) >= 11 is 0. The van der Waals surface area contributed by atoms with Crippen LogP contribution < -0.4 is 10.1 Å². The van der Waals surface area contributed by atoms with Crippen molar-refractivity contribution in [1.29, 1.82) is 0 Å². The van der Waals surface area contributed by atoms with Crippen molar-refractivity contribution in [3.05, 3.63) is 52.0 Å². The Morgan fingerprint density at radius 2 is 1.92 bits per heavy atom. The lowest BCUT2D eigenvalue weighted by Gasteiger charge is -2.10. The number of ether oxygens (including phenoxy) is 2. The van der Waals surface area contributed by atoms with E-state index in [1.165, 1.54) is 12.7 Å². The molecule has 0 bridgehead atoms. The van der Waals surface area contributed by atoms with Crippen molar-refractivity contribution in [2.45, 2.75) is 39.8 Å². The van der Waals surface area contributed by atoms with Gasteiger partial charge < -0.3 is 19.2 Å². The predicted molar refractivity (Wildman–Crippen MR) is 90.7 cm³/mol. The van der Waals surface area contributed by atoms with Crippen LogP contribution in [0.15, 0.2) is 22.6 Å². The Bertz CT molecular complexity index is 806. The van der Waals surface area contributed by atoms with Crippen molar-refractivity contribution in [3.63, 3.8) is 0 Å². The van der Waals surface area contributed by atoms with E-state index in [0.717, 1.165) is 16.9 Å². The number of carbonyl (C=O) groups excluding carboxylic acids is 2. The molecule has 1 N–H and O–H groups in total. The Morgan fingerprint density at radius 1 is 1.20 bits per heavy atom. The SMILES string of the molecule is COC(=O)c1cc(CNC(=O)[C@H]2Cc3cc(C)c(C)cc3O2)oc1C. The number of furan rings is 1. The molecule has 6 heteroatoms. The van der Waals surface area contributed by atoms with Crippen LogP contribution in [-0.2, 0) is 22.5 Å². The van der Waals surface area contributed by atoms with Crippen LogP contribution in [0.25, 0.3) is 0 Å². The van der Waals surface area contributed by atoms with Gasteiger partial charge in [0.2, 0.25) is 0 Å². The summed E-state index contributed by atoms with van der Waals surface area (Å²) in [6.45, 7) is 5.93. The average molecular weight is 343 g/mol. The van der Waals surface area contributed by atoms with Crippen LogP contribution in [0.3, 0.4) is 0 Å². The van der Waals surface area contributed by atoms with E-state index in [1.807, 2.05) is 19.9 Å². The molecular formula is C19H21NO5. The summed E-state index contributed by atoms with van der Waals surface area (Å²) in [7, 11) is 1.31. The van der Waals surface area contributed by atoms with Crippen molar-refractivity contribution in [2.24, 2.45) is 0 Å². The summed E-state index contributed by atoms with van der Waals surface area (Å²) in [6, 6.07) is 5.62. The van der Waals surface area contributed by atoms with Crippen LogP contribution in [0.4, 0.5) is 0 Å². The maximum absolute atomic E-state index is 12.4. The van der Waals surface area contributed by atoms with Crippen molar-refractivity contribution in [1.82, 2.24) is 5.32 Å². The van der Waals surface area contributed by atoms with Crippen LogP contribution in [0, 0.1) is 20.8 Å². The van der Waals surface area contributed by atoms with Gasteiger partial charge in [-0.1, -0.05) is 6.07 Å². The van der Waals surface area contributed by atoms with Gasteiger partial charge in [-0.05, 0) is 49.6 Å². The van der Waals surface area contributed by atoms with Crippen molar-refractivity contribution >= 4 is 11.9 Å². The fourth-order valence-corrected chi connectivity index (χ4v) is 2.89. The van der Waals surface area contributed by atoms with Crippen LogP contribution in [0.1, 0.15) is 38.6 Å². The summed E-state index contributed by atoms with van der Waals surface area (Å²) < 4.78 is 15.9. The lowest BCUT2D eigenvalue weighted by Crippen LogP contribution is -2.36. The Labute approximate surface area is 146 Å². The molecule has 1 aromatic heterocycles. The molecule has 2 heterocycles. The first-order valence-electron chi connectivity index (χ1n) is 8.11. The van der Waals surface area contributed by atoms with E-state index in [0.29, 0.717) is 23.5 Å². The molecular weight excluding hydrogens is 322 g/mol. The van der Waals surface area contributed by atoms with Gasteiger partial charge in [-0.15, -0.1) is 0 Å². The van der Waals surface area contributed by atoms with Crippen LogP contribution >= 0.6 is 0 Å². The number of rotatable bonds is 4. The second kappa shape index (κ2) is 6.63. The second-order valence-corrected chi connectivity index (χ2v) is 6.25. The fourth-order valence-electron chi connectivity index (χ4n) is 2.89. The standard InChI is InChI=1S/C19H21NO5/c1-10-5-13-7-17(25-16(13)6-11(10)2)18(21)20-9-14-8-15(12(3)24-14)19(22)23-4/h5-6,8,17H,7,9H2,1-4H3,(H,20,21)/t17-/m1/s1. The largest absolute Gasteiger partial charge is 0.480 e. The van der Waals surface area contributed by atoms with Crippen LogP contribution in [-0.4, -0.2) is 25.1 Å². The maximum atomic E-state index is 12.4. The van der Waals surface area contributed by atoms with Gasteiger partial charge in [0.05, 0.1) is 13.7 Å². The van der Waals surface area contributed by atoms with Gasteiger partial charge in [0.25, 0.3) is 5.91 Å². The van der Waals surface area contributed by atoms with Crippen molar-refractivity contribution in [3.8, 4) is 5.75 Å². The monoisotopic (exact) mass is 343 g/mol. The van der Waals surface area contributed by atoms with Gasteiger partial charge in [0.15, 0.2) is 6.10 Å². The zero-order valence-electron chi connectivity index (χ0n) is 14.8. The second-order valence-electron chi connectivity index (χ2n) is 6.25. The summed E-state index contributed by atoms with van der Waals surface area (Å²) in [6.07, 6.45) is -0.000270. The first-order chi connectivity index (χ1) is 11.9. The molecule has 132 valence electrons. The van der Waals surface area contributed by atoms with Gasteiger partial charge in [-0.25, -0.2) is 4.79 Å². The molecule has 1 aromatic carbocycles. The quantitative estimate of drug-likeness (QED) is 0.864. The molecule has 1 aliphatic rings. The molecule has 25 heavy (non-hydrogen) atoms. The molecule has 1 atom stereocenters. The normalized spacial score (nSPS) is 15.4. The van der Waals surface area contributed by atoms with Gasteiger partial charge >= 0.3 is 5.97 Å². The highest BCUT2D eigenvalue weighted by atomic mass is 16.5. The number of amides is 1. The molecule has 0 saturated carbocycles. The Balaban J connectivity index is 1.62. The lowest BCUT2D eigenvalue weighted by molar-refractivity contribution is -0.127. The molecule has 6 nitrogen and oxygen atoms in total. The van der Waals surface area contributed by atoms with Gasteiger partial charge in [-0.3, -0.25) is 4.79 Å². The molecule has 0 unspecified atom stereocenters. The third kappa shape index (κ3) is 3.38. The summed E-state index contributed by atoms with van der Waals surface area (Å²) in [5.74, 6) is 1.06. The Kier molecular flexibility index (Phi) is 4.53. The summed E-state index contributed by atoms with van der Waals surface area (Å²) in [5, 5.41) is 2.79. The molecule has 0 fully saturated rings. The van der Waals surface area contributed by atoms with E-state index in [1.54, 1.807) is 13.0 Å². The smallest absolute Gasteiger partial charge is 0.341 e. The number of esters is 1. The molecule has 0 spiro atoms. The molecule has 0 radical (unpaired) electrons. The van der Waals surface area contributed by atoms with E-state index in [2.05, 4.69) is 16.1 Å². The van der Waals surface area contributed by atoms with E-state index in [9.17, 15) is 9.59 Å². The van der Waals surface area contributed by atoms with Crippen molar-refractivity contribution < 1.29 is 23.5 Å². The van der Waals surface area contributed by atoms with E-state index in [4.69, 9.17) is 9.15 Å². The molecule has 0 aliphatic carbocycles. The highest BCUT2D eigenvalue weighted by Gasteiger charge is 2.29. The summed E-state index contributed by atoms with van der Waals surface area (Å²) in [4.78, 5) is 24.0. The minimum Gasteiger partial charge on any atom is -0.480 e. The maximum Gasteiger partial charge on any atom is 0.341 e. The van der Waals surface area contributed by atoms with E-state index in [-0.39, 0.29) is 12.5 Å². The number of nitrogens with one attached hydrogen (secondary N) is 1. The van der Waals surface area contributed by atoms with Gasteiger partial charge in [0.1, 0.15) is 22.8 Å². The molecule has 0 saturated heterocycles. The number of carbonyl (C=O) groups is 2. The van der Waals surface area contributed by atoms with Gasteiger partial charge in [-0.2, -0.15) is 0 Å². The van der Waals surface area contributed by atoms with E-state index >= 15 is 0 Å². The molecule has 1 aliphatic heterocycles. The van der Waals surface area contributed by atoms with Gasteiger partial charge in [0, 0.05) is 6.42 Å². The fraction of sp³-hybridized carbons (Fsp3) is 0.368. The average Bonchev–Trinajstić information content (AvgIpc) is 3.15. The highest BCUT2D eigenvalue weighted by Crippen LogP contribution is 2.31. The first-order valence-corrected chi connectivity index (χ1v) is 8.11. The topological polar surface area (TPSA) is 77.8 Å². The number of methoxy groups -OCH3 is 1. The minimum absolute atomic E-state index is 0.185. The first kappa shape index (κ1) is 17.1. The third-order valence-corrected chi connectivity index (χ3v) is 4.45. The molecule has 1 amide bonds. The number of hydrogen-bond donors (Lipinski definition) is 1. The van der Waals surface area contributed by atoms with Crippen LogP contribution in [0.2, 0.25) is 0 Å². The Hall–Kier alpha value is -2.76. The van der Waals surface area contributed by atoms with Crippen molar-refractivity contribution in [2.75, 3.05) is 7.11 Å². The highest BCUT2D eigenvalue weighted by molar-refractivity contribution is 5.90. The number of benzene rings is 1. The Morgan fingerprint density at radius 3 is 2.64 bits per heavy atom. The third-order valence-electron chi connectivity index (χ3n) is 4.45. The molecule has 2 aromatic rings. The lowest BCUT2D eigenvalue weighted by atomic mass is 10.0. The summed E-state index contributed by atoms with van der Waals surface area (Å²) in [5.41, 5.74) is 3.73. The number of fused-ring (bicyclic) bond motifs is 1. The molecule has 3 rings (SSSR count). The zero-order valence-corrected chi connectivity index (χ0v) is 14.8. The minimum atomic E-state index is -0.549. The zero-order chi connectivity index (χ0) is 18.1. The van der Waals surface area contributed by atoms with E-state index < -0.39 is 12.1 Å². The predicted octanol–water partition coefficient (Wildman–Crippen LogP) is 2.61. The van der Waals surface area contributed by atoms with Crippen LogP contribution in [0.5, 0.6) is 5.75 Å². The number of hydrogen-bond acceptors (Lipinski definition) is 5.